The van der Waals surface area contributed by atoms with Crippen molar-refractivity contribution in [3.05, 3.63) is 35.4 Å². The van der Waals surface area contributed by atoms with Gasteiger partial charge in [-0.1, -0.05) is 0 Å². The molecule has 0 radical (unpaired) electrons. The van der Waals surface area contributed by atoms with Crippen molar-refractivity contribution in [1.29, 1.82) is 0 Å². The molecule has 0 bridgehead atoms. The van der Waals surface area contributed by atoms with E-state index in [2.05, 4.69) is 15.0 Å². The standard InChI is InChI=1S/C16H17N3O5S/c1-9-6-12(23-3)13(7-10(9)2)25(21,22)19-14-5-4-11-16(17-14)18-15(20)8-24-11/h4-7H,8H2,1-3H3,(H2,17,18,19,20). The molecule has 1 aromatic carbocycles. The number of pyridine rings is 1. The number of sulfonamides is 1. The largest absolute Gasteiger partial charge is 0.495 e. The van der Waals surface area contributed by atoms with Gasteiger partial charge in [0.05, 0.1) is 7.11 Å². The zero-order valence-electron chi connectivity index (χ0n) is 13.9. The first-order chi connectivity index (χ1) is 11.8. The maximum Gasteiger partial charge on any atom is 0.266 e. The Morgan fingerprint density at radius 2 is 1.96 bits per heavy atom. The van der Waals surface area contributed by atoms with Gasteiger partial charge in [-0.3, -0.25) is 9.52 Å². The van der Waals surface area contributed by atoms with Crippen LogP contribution in [0.4, 0.5) is 11.6 Å². The zero-order chi connectivity index (χ0) is 18.2. The normalized spacial score (nSPS) is 13.5. The van der Waals surface area contributed by atoms with E-state index >= 15 is 0 Å². The first-order valence-electron chi connectivity index (χ1n) is 7.42. The summed E-state index contributed by atoms with van der Waals surface area (Å²) in [6, 6.07) is 6.21. The Labute approximate surface area is 145 Å². The maximum absolute atomic E-state index is 12.7. The lowest BCUT2D eigenvalue weighted by molar-refractivity contribution is -0.118. The number of amides is 1. The average Bonchev–Trinajstić information content (AvgIpc) is 2.56. The lowest BCUT2D eigenvalue weighted by Crippen LogP contribution is -2.26. The van der Waals surface area contributed by atoms with Crippen LogP contribution < -0.4 is 19.5 Å². The number of ether oxygens (including phenoxy) is 2. The average molecular weight is 363 g/mol. The first-order valence-corrected chi connectivity index (χ1v) is 8.90. The Morgan fingerprint density at radius 3 is 2.68 bits per heavy atom. The van der Waals surface area contributed by atoms with Gasteiger partial charge in [-0.2, -0.15) is 0 Å². The van der Waals surface area contributed by atoms with Crippen LogP contribution in [-0.2, 0) is 14.8 Å². The molecule has 0 fully saturated rings. The van der Waals surface area contributed by atoms with Gasteiger partial charge in [0.2, 0.25) is 0 Å². The van der Waals surface area contributed by atoms with Gasteiger partial charge in [0.1, 0.15) is 16.5 Å². The number of nitrogens with one attached hydrogen (secondary N) is 2. The van der Waals surface area contributed by atoms with E-state index in [0.29, 0.717) is 5.75 Å². The minimum Gasteiger partial charge on any atom is -0.495 e. The molecular formula is C16H17N3O5S. The number of aryl methyl sites for hydroxylation is 2. The fraction of sp³-hybridized carbons (Fsp3) is 0.250. The topological polar surface area (TPSA) is 107 Å². The van der Waals surface area contributed by atoms with Crippen LogP contribution >= 0.6 is 0 Å². The fourth-order valence-electron chi connectivity index (χ4n) is 2.35. The number of methoxy groups -OCH3 is 1. The molecule has 0 saturated heterocycles. The third-order valence-electron chi connectivity index (χ3n) is 3.78. The highest BCUT2D eigenvalue weighted by molar-refractivity contribution is 7.92. The van der Waals surface area contributed by atoms with Crippen molar-refractivity contribution in [2.24, 2.45) is 0 Å². The molecule has 0 saturated carbocycles. The Hall–Kier alpha value is -2.81. The van der Waals surface area contributed by atoms with E-state index in [1.807, 2.05) is 13.8 Å². The summed E-state index contributed by atoms with van der Waals surface area (Å²) >= 11 is 0. The Kier molecular flexibility index (Phi) is 4.25. The molecule has 1 aromatic heterocycles. The van der Waals surface area contributed by atoms with Gasteiger partial charge >= 0.3 is 0 Å². The van der Waals surface area contributed by atoms with Crippen LogP contribution in [0.3, 0.4) is 0 Å². The summed E-state index contributed by atoms with van der Waals surface area (Å²) in [6.07, 6.45) is 0. The number of aromatic nitrogens is 1. The van der Waals surface area contributed by atoms with Crippen LogP contribution in [-0.4, -0.2) is 33.0 Å². The van der Waals surface area contributed by atoms with Gasteiger partial charge in [0.25, 0.3) is 15.9 Å². The molecule has 0 atom stereocenters. The Bertz CT molecular complexity index is 956. The lowest BCUT2D eigenvalue weighted by atomic mass is 10.1. The van der Waals surface area contributed by atoms with E-state index in [4.69, 9.17) is 9.47 Å². The third kappa shape index (κ3) is 3.36. The molecule has 2 heterocycles. The summed E-state index contributed by atoms with van der Waals surface area (Å²) in [6.45, 7) is 3.59. The van der Waals surface area contributed by atoms with Gasteiger partial charge < -0.3 is 14.8 Å². The monoisotopic (exact) mass is 363 g/mol. The van der Waals surface area contributed by atoms with Gasteiger partial charge in [-0.15, -0.1) is 0 Å². The molecule has 0 aliphatic carbocycles. The Morgan fingerprint density at radius 1 is 1.24 bits per heavy atom. The van der Waals surface area contributed by atoms with Crippen molar-refractivity contribution in [1.82, 2.24) is 4.98 Å². The quantitative estimate of drug-likeness (QED) is 0.858. The van der Waals surface area contributed by atoms with E-state index in [0.717, 1.165) is 11.1 Å². The summed E-state index contributed by atoms with van der Waals surface area (Å²) in [4.78, 5) is 15.5. The minimum absolute atomic E-state index is 0.0120. The molecule has 8 nitrogen and oxygen atoms in total. The van der Waals surface area contributed by atoms with Crippen LogP contribution in [0.1, 0.15) is 11.1 Å². The number of carbonyl (C=O) groups excluding carboxylic acids is 1. The minimum atomic E-state index is -3.93. The second-order valence-corrected chi connectivity index (χ2v) is 7.22. The number of carbonyl (C=O) groups is 1. The Balaban J connectivity index is 1.96. The molecule has 0 unspecified atom stereocenters. The van der Waals surface area contributed by atoms with Gasteiger partial charge in [0.15, 0.2) is 18.2 Å². The molecule has 2 aromatic rings. The second-order valence-electron chi connectivity index (χ2n) is 5.57. The number of anilines is 2. The molecule has 2 N–H and O–H groups in total. The van der Waals surface area contributed by atoms with Crippen molar-refractivity contribution in [2.45, 2.75) is 18.7 Å². The number of hydrogen-bond acceptors (Lipinski definition) is 6. The molecule has 25 heavy (non-hydrogen) atoms. The van der Waals surface area contributed by atoms with Crippen molar-refractivity contribution in [2.75, 3.05) is 23.8 Å². The first kappa shape index (κ1) is 17.0. The zero-order valence-corrected chi connectivity index (χ0v) is 14.7. The van der Waals surface area contributed by atoms with Crippen LogP contribution in [0.15, 0.2) is 29.2 Å². The van der Waals surface area contributed by atoms with E-state index in [1.165, 1.54) is 19.2 Å². The van der Waals surface area contributed by atoms with Gasteiger partial charge in [-0.25, -0.2) is 13.4 Å². The summed E-state index contributed by atoms with van der Waals surface area (Å²) in [5.41, 5.74) is 1.74. The molecule has 3 rings (SSSR count). The van der Waals surface area contributed by atoms with Gasteiger partial charge in [0, 0.05) is 0 Å². The predicted octanol–water partition coefficient (Wildman–Crippen LogP) is 1.84. The van der Waals surface area contributed by atoms with E-state index < -0.39 is 10.0 Å². The van der Waals surface area contributed by atoms with E-state index in [9.17, 15) is 13.2 Å². The number of rotatable bonds is 4. The van der Waals surface area contributed by atoms with E-state index in [1.54, 1.807) is 12.1 Å². The van der Waals surface area contributed by atoms with Crippen molar-refractivity contribution < 1.29 is 22.7 Å². The number of benzene rings is 1. The third-order valence-corrected chi connectivity index (χ3v) is 5.16. The van der Waals surface area contributed by atoms with Crippen molar-refractivity contribution >= 4 is 27.6 Å². The maximum atomic E-state index is 12.7. The van der Waals surface area contributed by atoms with Crippen LogP contribution in [0, 0.1) is 13.8 Å². The smallest absolute Gasteiger partial charge is 0.266 e. The number of hydrogen-bond donors (Lipinski definition) is 2. The summed E-state index contributed by atoms with van der Waals surface area (Å²) < 4.78 is 38.2. The highest BCUT2D eigenvalue weighted by Crippen LogP contribution is 2.31. The molecule has 1 amide bonds. The number of nitrogens with zero attached hydrogens (tertiary/aromatic N) is 1. The van der Waals surface area contributed by atoms with Crippen molar-refractivity contribution in [3.63, 3.8) is 0 Å². The van der Waals surface area contributed by atoms with Gasteiger partial charge in [-0.05, 0) is 49.2 Å². The summed E-state index contributed by atoms with van der Waals surface area (Å²) in [7, 11) is -2.52. The van der Waals surface area contributed by atoms with Crippen LogP contribution in [0.2, 0.25) is 0 Å². The SMILES string of the molecule is COc1cc(C)c(C)cc1S(=O)(=O)Nc1ccc2c(n1)NC(=O)CO2. The summed E-state index contributed by atoms with van der Waals surface area (Å²) in [5.74, 6) is 0.501. The predicted molar refractivity (Wildman–Crippen MR) is 91.6 cm³/mol. The van der Waals surface area contributed by atoms with Crippen LogP contribution in [0.25, 0.3) is 0 Å². The molecule has 132 valence electrons. The van der Waals surface area contributed by atoms with Crippen molar-refractivity contribution in [3.8, 4) is 11.5 Å². The highest BCUT2D eigenvalue weighted by Gasteiger charge is 2.23. The molecule has 0 spiro atoms. The second kappa shape index (κ2) is 6.25. The number of fused-ring (bicyclic) bond motifs is 1. The fourth-order valence-corrected chi connectivity index (χ4v) is 3.58. The molecular weight excluding hydrogens is 346 g/mol. The molecule has 1 aliphatic rings. The highest BCUT2D eigenvalue weighted by atomic mass is 32.2. The lowest BCUT2D eigenvalue weighted by Gasteiger charge is -2.18. The van der Waals surface area contributed by atoms with Crippen LogP contribution in [0.5, 0.6) is 11.5 Å². The molecule has 1 aliphatic heterocycles. The van der Waals surface area contributed by atoms with E-state index in [-0.39, 0.29) is 34.8 Å². The molecule has 9 heteroatoms. The summed E-state index contributed by atoms with van der Waals surface area (Å²) in [5, 5.41) is 2.53.